The number of carbonyl (C=O) groups is 2. The zero-order valence-corrected chi connectivity index (χ0v) is 34.4. The van der Waals surface area contributed by atoms with E-state index in [9.17, 15) is 29.7 Å². The molecule has 0 bridgehead atoms. The molecule has 0 spiro atoms. The number of hydrogen-bond donors (Lipinski definition) is 4. The van der Waals surface area contributed by atoms with E-state index >= 15 is 0 Å². The molecule has 0 atom stereocenters. The molecule has 5 aromatic rings. The summed E-state index contributed by atoms with van der Waals surface area (Å²) in [5.74, 6) is -0.934. The topological polar surface area (TPSA) is 158 Å². The molecule has 0 amide bonds. The highest BCUT2D eigenvalue weighted by molar-refractivity contribution is 6.59. The van der Waals surface area contributed by atoms with E-state index in [4.69, 9.17) is 18.9 Å². The van der Waals surface area contributed by atoms with Crippen molar-refractivity contribution >= 4 is 58.6 Å². The van der Waals surface area contributed by atoms with Crippen LogP contribution in [0.25, 0.3) is 21.5 Å². The van der Waals surface area contributed by atoms with Crippen molar-refractivity contribution in [2.75, 3.05) is 52.7 Å². The summed E-state index contributed by atoms with van der Waals surface area (Å²) in [6, 6.07) is 31.1. The minimum absolute atomic E-state index is 0.0994. The summed E-state index contributed by atoms with van der Waals surface area (Å²) in [6.45, 7) is 14.5. The second kappa shape index (κ2) is 23.0. The summed E-state index contributed by atoms with van der Waals surface area (Å²) < 4.78 is 22.2. The summed E-state index contributed by atoms with van der Waals surface area (Å²) in [5, 5.41) is 45.1. The molecule has 0 heterocycles. The van der Waals surface area contributed by atoms with Gasteiger partial charge in [0.05, 0.1) is 26.4 Å². The van der Waals surface area contributed by atoms with Crippen LogP contribution in [-0.4, -0.2) is 109 Å². The van der Waals surface area contributed by atoms with Crippen LogP contribution in [0, 0.1) is 0 Å². The molecule has 0 saturated carbocycles. The largest absolute Gasteiger partial charge is 0.488 e. The van der Waals surface area contributed by atoms with Crippen molar-refractivity contribution in [1.82, 2.24) is 9.80 Å². The zero-order chi connectivity index (χ0) is 43.0. The van der Waals surface area contributed by atoms with Crippen LogP contribution in [0.5, 0.6) is 0 Å². The Morgan fingerprint density at radius 2 is 0.833 bits per heavy atom. The molecular formula is C46H54B2N2O10. The molecule has 0 aromatic heterocycles. The third-order valence-electron chi connectivity index (χ3n) is 10.1. The molecule has 0 aliphatic heterocycles. The van der Waals surface area contributed by atoms with Gasteiger partial charge in [-0.15, -0.1) is 0 Å². The summed E-state index contributed by atoms with van der Waals surface area (Å²) in [5.41, 5.74) is 5.22. The molecule has 0 saturated heterocycles. The Hall–Kier alpha value is -5.15. The molecule has 14 heteroatoms. The Kier molecular flexibility index (Phi) is 17.6. The summed E-state index contributed by atoms with van der Waals surface area (Å²) in [6.07, 6.45) is 0. The molecule has 0 aliphatic carbocycles. The molecule has 12 nitrogen and oxygen atoms in total. The van der Waals surface area contributed by atoms with E-state index < -0.39 is 26.2 Å². The fourth-order valence-corrected chi connectivity index (χ4v) is 7.09. The van der Waals surface area contributed by atoms with Crippen LogP contribution < -0.4 is 10.9 Å². The molecule has 4 N–H and O–H groups in total. The lowest BCUT2D eigenvalue weighted by Gasteiger charge is -2.28. The maximum absolute atomic E-state index is 11.8. The molecule has 5 aromatic carbocycles. The van der Waals surface area contributed by atoms with Crippen LogP contribution in [0.15, 0.2) is 121 Å². The SMILES string of the molecule is C=C(C)C(=O)OCCOCCN(Cc1ccccc1B(O)O)Cc1c2ccccc2c(CN(CCOCCOC(=O)C(=C)C)Cc2ccccc2B(O)O)c2ccccc12. The number of fused-ring (bicyclic) bond motifs is 2. The van der Waals surface area contributed by atoms with Crippen LogP contribution in [-0.2, 0) is 54.7 Å². The number of carbonyl (C=O) groups excluding carboxylic acids is 2. The molecule has 0 unspecified atom stereocenters. The predicted octanol–water partition coefficient (Wildman–Crippen LogP) is 3.63. The van der Waals surface area contributed by atoms with Gasteiger partial charge >= 0.3 is 26.2 Å². The van der Waals surface area contributed by atoms with Gasteiger partial charge in [-0.25, -0.2) is 9.59 Å². The Morgan fingerprint density at radius 3 is 1.17 bits per heavy atom. The van der Waals surface area contributed by atoms with Gasteiger partial charge in [-0.05, 0) is 68.6 Å². The zero-order valence-electron chi connectivity index (χ0n) is 34.4. The minimum atomic E-state index is -1.64. The summed E-state index contributed by atoms with van der Waals surface area (Å²) >= 11 is 0. The van der Waals surface area contributed by atoms with Gasteiger partial charge in [0.1, 0.15) is 13.2 Å². The number of esters is 2. The Morgan fingerprint density at radius 1 is 0.500 bits per heavy atom. The van der Waals surface area contributed by atoms with Gasteiger partial charge in [-0.1, -0.05) is 110 Å². The molecule has 314 valence electrons. The van der Waals surface area contributed by atoms with Gasteiger partial charge in [0.15, 0.2) is 0 Å². The number of nitrogens with zero attached hydrogens (tertiary/aromatic N) is 2. The van der Waals surface area contributed by atoms with E-state index in [1.54, 1.807) is 38.1 Å². The number of rotatable bonds is 24. The Bertz CT molecular complexity index is 2040. The highest BCUT2D eigenvalue weighted by Crippen LogP contribution is 2.35. The van der Waals surface area contributed by atoms with Crippen LogP contribution in [0.2, 0.25) is 0 Å². The van der Waals surface area contributed by atoms with Crippen molar-refractivity contribution in [3.8, 4) is 0 Å². The van der Waals surface area contributed by atoms with Crippen LogP contribution in [0.3, 0.4) is 0 Å². The second-order valence-electron chi connectivity index (χ2n) is 14.7. The van der Waals surface area contributed by atoms with Gasteiger partial charge in [0, 0.05) is 50.4 Å². The monoisotopic (exact) mass is 816 g/mol. The maximum atomic E-state index is 11.8. The standard InChI is InChI=1S/C46H54B2N2O10/c1-33(2)45(51)59-27-25-57-23-21-49(29-35-13-5-11-19-43(35)47(53)54)31-41-37-15-7-9-17-39(37)42(40-18-10-8-16-38(40)41)32-50(22-24-58-26-28-60-46(52)34(3)4)30-36-14-6-12-20-44(36)48(55)56/h5-20,53-56H,1,3,21-32H2,2,4H3. The van der Waals surface area contributed by atoms with E-state index in [0.29, 0.717) is 74.6 Å². The van der Waals surface area contributed by atoms with Gasteiger partial charge < -0.3 is 39.0 Å². The van der Waals surface area contributed by atoms with Crippen molar-refractivity contribution in [1.29, 1.82) is 0 Å². The first-order valence-electron chi connectivity index (χ1n) is 20.0. The summed E-state index contributed by atoms with van der Waals surface area (Å²) in [7, 11) is -3.27. The molecular weight excluding hydrogens is 762 g/mol. The normalized spacial score (nSPS) is 11.3. The minimum Gasteiger partial charge on any atom is -0.460 e. The van der Waals surface area contributed by atoms with Crippen LogP contribution >= 0.6 is 0 Å². The van der Waals surface area contributed by atoms with Gasteiger partial charge in [0.2, 0.25) is 0 Å². The van der Waals surface area contributed by atoms with Gasteiger partial charge in [-0.2, -0.15) is 0 Å². The molecule has 5 rings (SSSR count). The van der Waals surface area contributed by atoms with E-state index in [2.05, 4.69) is 47.2 Å². The highest BCUT2D eigenvalue weighted by atomic mass is 16.6. The van der Waals surface area contributed by atoms with E-state index in [0.717, 1.165) is 43.8 Å². The van der Waals surface area contributed by atoms with E-state index in [1.165, 1.54) is 0 Å². The van der Waals surface area contributed by atoms with Crippen molar-refractivity contribution in [2.24, 2.45) is 0 Å². The number of benzene rings is 5. The molecule has 0 radical (unpaired) electrons. The molecule has 60 heavy (non-hydrogen) atoms. The predicted molar refractivity (Wildman–Crippen MR) is 235 cm³/mol. The average molecular weight is 817 g/mol. The second-order valence-corrected chi connectivity index (χ2v) is 14.7. The first-order valence-corrected chi connectivity index (χ1v) is 20.0. The van der Waals surface area contributed by atoms with E-state index in [-0.39, 0.29) is 26.4 Å². The molecule has 0 fully saturated rings. The lowest BCUT2D eigenvalue weighted by Crippen LogP contribution is -2.36. The average Bonchev–Trinajstić information content (AvgIpc) is 3.24. The third kappa shape index (κ3) is 12.9. The molecule has 0 aliphatic rings. The lowest BCUT2D eigenvalue weighted by atomic mass is 9.77. The smallest absolute Gasteiger partial charge is 0.460 e. The van der Waals surface area contributed by atoms with Crippen molar-refractivity contribution < 1.29 is 48.6 Å². The Labute approximate surface area is 352 Å². The number of hydrogen-bond acceptors (Lipinski definition) is 12. The van der Waals surface area contributed by atoms with E-state index in [1.807, 2.05) is 48.5 Å². The first-order chi connectivity index (χ1) is 28.9. The van der Waals surface area contributed by atoms with Gasteiger partial charge in [0.25, 0.3) is 0 Å². The fraction of sp³-hybridized carbons (Fsp3) is 0.304. The maximum Gasteiger partial charge on any atom is 0.488 e. The summed E-state index contributed by atoms with van der Waals surface area (Å²) in [4.78, 5) is 28.1. The Balaban J connectivity index is 1.47. The van der Waals surface area contributed by atoms with Crippen molar-refractivity contribution in [3.63, 3.8) is 0 Å². The quantitative estimate of drug-likeness (QED) is 0.0236. The van der Waals surface area contributed by atoms with Crippen LogP contribution in [0.1, 0.15) is 36.1 Å². The fourth-order valence-electron chi connectivity index (χ4n) is 7.09. The first kappa shape index (κ1) is 45.9. The van der Waals surface area contributed by atoms with Gasteiger partial charge in [-0.3, -0.25) is 9.80 Å². The van der Waals surface area contributed by atoms with Crippen molar-refractivity contribution in [3.05, 3.63) is 144 Å². The third-order valence-corrected chi connectivity index (χ3v) is 10.1. The highest BCUT2D eigenvalue weighted by Gasteiger charge is 2.23. The van der Waals surface area contributed by atoms with Crippen LogP contribution in [0.4, 0.5) is 0 Å². The number of ether oxygens (including phenoxy) is 4. The lowest BCUT2D eigenvalue weighted by molar-refractivity contribution is -0.141. The van der Waals surface area contributed by atoms with Crippen molar-refractivity contribution in [2.45, 2.75) is 40.0 Å².